The van der Waals surface area contributed by atoms with Crippen LogP contribution in [0.1, 0.15) is 33.1 Å². The van der Waals surface area contributed by atoms with E-state index in [1.54, 1.807) is 0 Å². The van der Waals surface area contributed by atoms with Crippen LogP contribution in [0.25, 0.3) is 0 Å². The molecule has 0 amide bonds. The molecule has 15 heavy (non-hydrogen) atoms. The van der Waals surface area contributed by atoms with Crippen molar-refractivity contribution in [3.8, 4) is 0 Å². The van der Waals surface area contributed by atoms with E-state index in [-0.39, 0.29) is 0 Å². The van der Waals surface area contributed by atoms with Crippen molar-refractivity contribution in [1.82, 2.24) is 4.90 Å². The van der Waals surface area contributed by atoms with E-state index in [9.17, 15) is 0 Å². The van der Waals surface area contributed by atoms with Gasteiger partial charge in [0.15, 0.2) is 0 Å². The number of hydrogen-bond acceptors (Lipinski definition) is 2. The van der Waals surface area contributed by atoms with E-state index in [0.29, 0.717) is 12.2 Å². The summed E-state index contributed by atoms with van der Waals surface area (Å²) in [6.07, 6.45) is 4.77. The molecule has 0 bridgehead atoms. The summed E-state index contributed by atoms with van der Waals surface area (Å²) >= 11 is 3.75. The maximum atomic E-state index is 5.87. The summed E-state index contributed by atoms with van der Waals surface area (Å²) in [5.41, 5.74) is 0. The van der Waals surface area contributed by atoms with E-state index < -0.39 is 0 Å². The van der Waals surface area contributed by atoms with Crippen LogP contribution >= 0.6 is 15.9 Å². The SMILES string of the molecule is CC1CCC(CN2CCC(Br)C(C)C2)O1. The van der Waals surface area contributed by atoms with E-state index in [1.807, 2.05) is 0 Å². The molecule has 4 unspecified atom stereocenters. The maximum absolute atomic E-state index is 5.87. The van der Waals surface area contributed by atoms with Gasteiger partial charge in [-0.05, 0) is 38.6 Å². The molecule has 0 radical (unpaired) electrons. The Morgan fingerprint density at radius 1 is 1.27 bits per heavy atom. The standard InChI is InChI=1S/C12H22BrNO/c1-9-7-14(6-5-12(9)13)8-11-4-3-10(2)15-11/h9-12H,3-8H2,1-2H3. The van der Waals surface area contributed by atoms with Crippen LogP contribution in [0.2, 0.25) is 0 Å². The lowest BCUT2D eigenvalue weighted by atomic mass is 9.99. The largest absolute Gasteiger partial charge is 0.374 e. The average Bonchev–Trinajstić information content (AvgIpc) is 2.58. The number of likely N-dealkylation sites (tertiary alicyclic amines) is 1. The zero-order chi connectivity index (χ0) is 10.8. The number of rotatable bonds is 2. The number of halogens is 1. The Morgan fingerprint density at radius 2 is 2.07 bits per heavy atom. The normalized spacial score (nSPS) is 43.4. The lowest BCUT2D eigenvalue weighted by Gasteiger charge is -2.35. The minimum absolute atomic E-state index is 0.487. The van der Waals surface area contributed by atoms with Crippen LogP contribution in [0.5, 0.6) is 0 Å². The van der Waals surface area contributed by atoms with E-state index >= 15 is 0 Å². The first-order valence-corrected chi connectivity index (χ1v) is 7.08. The first kappa shape index (κ1) is 11.9. The molecule has 3 heteroatoms. The zero-order valence-corrected chi connectivity index (χ0v) is 11.4. The van der Waals surface area contributed by atoms with Crippen molar-refractivity contribution < 1.29 is 4.74 Å². The van der Waals surface area contributed by atoms with Crippen LogP contribution in [0.15, 0.2) is 0 Å². The molecule has 0 aromatic heterocycles. The van der Waals surface area contributed by atoms with Gasteiger partial charge in [0.25, 0.3) is 0 Å². The Balaban J connectivity index is 1.75. The van der Waals surface area contributed by atoms with Gasteiger partial charge in [0, 0.05) is 17.9 Å². The molecule has 2 heterocycles. The number of nitrogens with zero attached hydrogens (tertiary/aromatic N) is 1. The van der Waals surface area contributed by atoms with Crippen molar-refractivity contribution in [3.05, 3.63) is 0 Å². The molecular weight excluding hydrogens is 254 g/mol. The molecule has 2 rings (SSSR count). The fourth-order valence-electron chi connectivity index (χ4n) is 2.68. The molecule has 2 nitrogen and oxygen atoms in total. The van der Waals surface area contributed by atoms with E-state index in [0.717, 1.165) is 17.3 Å². The Hall–Kier alpha value is 0.400. The van der Waals surface area contributed by atoms with Crippen molar-refractivity contribution in [1.29, 1.82) is 0 Å². The lowest BCUT2D eigenvalue weighted by Crippen LogP contribution is -2.43. The van der Waals surface area contributed by atoms with Crippen molar-refractivity contribution in [2.75, 3.05) is 19.6 Å². The molecule has 0 aliphatic carbocycles. The first-order valence-electron chi connectivity index (χ1n) is 6.17. The Morgan fingerprint density at radius 3 is 2.67 bits per heavy atom. The monoisotopic (exact) mass is 275 g/mol. The number of piperidine rings is 1. The smallest absolute Gasteiger partial charge is 0.0706 e. The number of hydrogen-bond donors (Lipinski definition) is 0. The predicted molar refractivity (Wildman–Crippen MR) is 66.5 cm³/mol. The quantitative estimate of drug-likeness (QED) is 0.719. The maximum Gasteiger partial charge on any atom is 0.0706 e. The molecule has 2 aliphatic heterocycles. The highest BCUT2D eigenvalue weighted by molar-refractivity contribution is 9.09. The molecular formula is C12H22BrNO. The second-order valence-corrected chi connectivity index (χ2v) is 6.36. The zero-order valence-electron chi connectivity index (χ0n) is 9.79. The van der Waals surface area contributed by atoms with Gasteiger partial charge in [-0.15, -0.1) is 0 Å². The van der Waals surface area contributed by atoms with Gasteiger partial charge < -0.3 is 9.64 Å². The van der Waals surface area contributed by atoms with E-state index in [1.165, 1.54) is 32.4 Å². The highest BCUT2D eigenvalue weighted by Gasteiger charge is 2.28. The highest BCUT2D eigenvalue weighted by Crippen LogP contribution is 2.25. The molecule has 2 fully saturated rings. The summed E-state index contributed by atoms with van der Waals surface area (Å²) in [5.74, 6) is 0.776. The molecule has 2 saturated heterocycles. The van der Waals surface area contributed by atoms with Crippen molar-refractivity contribution >= 4 is 15.9 Å². The van der Waals surface area contributed by atoms with Crippen LogP contribution in [-0.4, -0.2) is 41.6 Å². The Kier molecular flexibility index (Phi) is 4.08. The van der Waals surface area contributed by atoms with Crippen LogP contribution in [0.3, 0.4) is 0 Å². The number of alkyl halides is 1. The summed E-state index contributed by atoms with van der Waals surface area (Å²) in [5, 5.41) is 0. The van der Waals surface area contributed by atoms with Gasteiger partial charge in [-0.3, -0.25) is 0 Å². The lowest BCUT2D eigenvalue weighted by molar-refractivity contribution is 0.0238. The molecule has 0 N–H and O–H groups in total. The molecule has 0 saturated carbocycles. The van der Waals surface area contributed by atoms with Crippen molar-refractivity contribution in [2.24, 2.45) is 5.92 Å². The summed E-state index contributed by atoms with van der Waals surface area (Å²) in [6, 6.07) is 0. The van der Waals surface area contributed by atoms with Gasteiger partial charge >= 0.3 is 0 Å². The van der Waals surface area contributed by atoms with Crippen LogP contribution in [0.4, 0.5) is 0 Å². The van der Waals surface area contributed by atoms with Gasteiger partial charge in [0.2, 0.25) is 0 Å². The third kappa shape index (κ3) is 3.18. The molecule has 4 atom stereocenters. The fraction of sp³-hybridized carbons (Fsp3) is 1.00. The van der Waals surface area contributed by atoms with Gasteiger partial charge in [-0.2, -0.15) is 0 Å². The van der Waals surface area contributed by atoms with Gasteiger partial charge in [0.1, 0.15) is 0 Å². The first-order chi connectivity index (χ1) is 7.15. The molecule has 0 aromatic carbocycles. The van der Waals surface area contributed by atoms with Crippen molar-refractivity contribution in [2.45, 2.75) is 50.1 Å². The minimum Gasteiger partial charge on any atom is -0.374 e. The molecule has 2 aliphatic rings. The highest BCUT2D eigenvalue weighted by atomic mass is 79.9. The Bertz CT molecular complexity index is 212. The van der Waals surface area contributed by atoms with Gasteiger partial charge in [-0.25, -0.2) is 0 Å². The van der Waals surface area contributed by atoms with Crippen molar-refractivity contribution in [3.63, 3.8) is 0 Å². The van der Waals surface area contributed by atoms with E-state index in [4.69, 9.17) is 4.74 Å². The average molecular weight is 276 g/mol. The van der Waals surface area contributed by atoms with Gasteiger partial charge in [-0.1, -0.05) is 22.9 Å². The third-order valence-corrected chi connectivity index (χ3v) is 5.03. The van der Waals surface area contributed by atoms with Gasteiger partial charge in [0.05, 0.1) is 12.2 Å². The topological polar surface area (TPSA) is 12.5 Å². The fourth-order valence-corrected chi connectivity index (χ4v) is 3.05. The predicted octanol–water partition coefficient (Wildman–Crippen LogP) is 2.66. The minimum atomic E-state index is 0.487. The van der Waals surface area contributed by atoms with Crippen LogP contribution in [0, 0.1) is 5.92 Å². The van der Waals surface area contributed by atoms with E-state index in [2.05, 4.69) is 34.7 Å². The molecule has 88 valence electrons. The molecule has 0 aromatic rings. The Labute approximate surface area is 101 Å². The summed E-state index contributed by atoms with van der Waals surface area (Å²) in [4.78, 5) is 3.29. The summed E-state index contributed by atoms with van der Waals surface area (Å²) < 4.78 is 5.87. The molecule has 0 spiro atoms. The van der Waals surface area contributed by atoms with Crippen LogP contribution < -0.4 is 0 Å². The van der Waals surface area contributed by atoms with Crippen LogP contribution in [-0.2, 0) is 4.74 Å². The second-order valence-electron chi connectivity index (χ2n) is 5.19. The third-order valence-electron chi connectivity index (χ3n) is 3.67. The summed E-state index contributed by atoms with van der Waals surface area (Å²) in [6.45, 7) is 8.13. The number of ether oxygens (including phenoxy) is 1. The second kappa shape index (κ2) is 5.15. The summed E-state index contributed by atoms with van der Waals surface area (Å²) in [7, 11) is 0.